The molecule has 0 saturated carbocycles. The quantitative estimate of drug-likeness (QED) is 0.212. The molecule has 33 heavy (non-hydrogen) atoms. The first-order chi connectivity index (χ1) is 16.2. The van der Waals surface area contributed by atoms with Crippen molar-refractivity contribution in [3.8, 4) is 0 Å². The van der Waals surface area contributed by atoms with Gasteiger partial charge in [-0.25, -0.2) is 0 Å². The summed E-state index contributed by atoms with van der Waals surface area (Å²) in [6.07, 6.45) is 0. The molecule has 0 nitrogen and oxygen atoms in total. The fourth-order valence-corrected chi connectivity index (χ4v) is 21.1. The Morgan fingerprint density at radius 1 is 0.576 bits per heavy atom. The molecule has 2 aliphatic heterocycles. The summed E-state index contributed by atoms with van der Waals surface area (Å²) in [5, 5.41) is 5.84. The lowest BCUT2D eigenvalue weighted by Gasteiger charge is -2.40. The molecule has 2 atom stereocenters. The van der Waals surface area contributed by atoms with Gasteiger partial charge < -0.3 is 0 Å². The number of benzene rings is 4. The molecule has 2 unspecified atom stereocenters. The van der Waals surface area contributed by atoms with Gasteiger partial charge in [-0.05, 0) is 85.8 Å². The van der Waals surface area contributed by atoms with Gasteiger partial charge >= 0.3 is 0 Å². The van der Waals surface area contributed by atoms with E-state index >= 15 is 0 Å². The van der Waals surface area contributed by atoms with E-state index in [0.29, 0.717) is 0 Å². The van der Waals surface area contributed by atoms with Gasteiger partial charge in [0.1, 0.15) is 9.49 Å². The molecular weight excluding hydrogens is 537 g/mol. The van der Waals surface area contributed by atoms with Gasteiger partial charge in [-0.3, -0.25) is 0 Å². The van der Waals surface area contributed by atoms with Gasteiger partial charge in [0.25, 0.3) is 0 Å². The van der Waals surface area contributed by atoms with Crippen LogP contribution in [0.15, 0.2) is 66.7 Å². The summed E-state index contributed by atoms with van der Waals surface area (Å²) in [4.78, 5) is 0. The summed E-state index contributed by atoms with van der Waals surface area (Å²) in [5.74, 6) is 2.48. The van der Waals surface area contributed by atoms with E-state index in [-0.39, 0.29) is 13.6 Å². The molecule has 0 N–H and O–H groups in total. The Kier molecular flexibility index (Phi) is 4.58. The molecule has 7 heteroatoms. The molecule has 0 spiro atoms. The van der Waals surface area contributed by atoms with Gasteiger partial charge in [-0.1, -0.05) is 88.3 Å². The average Bonchev–Trinajstić information content (AvgIpc) is 3.40. The highest BCUT2D eigenvalue weighted by Gasteiger charge is 2.67. The third kappa shape index (κ3) is 2.40. The van der Waals surface area contributed by atoms with Crippen molar-refractivity contribution in [1.29, 1.82) is 0 Å². The Morgan fingerprint density at radius 2 is 1.12 bits per heavy atom. The highest BCUT2D eigenvalue weighted by atomic mass is 33.8. The van der Waals surface area contributed by atoms with Crippen molar-refractivity contribution in [2.45, 2.75) is 20.5 Å². The van der Waals surface area contributed by atoms with Gasteiger partial charge in [0.2, 0.25) is 0 Å². The van der Waals surface area contributed by atoms with Crippen molar-refractivity contribution >= 4 is 96.1 Å². The van der Waals surface area contributed by atoms with E-state index in [4.69, 9.17) is 0 Å². The van der Waals surface area contributed by atoms with E-state index in [9.17, 15) is 0 Å². The molecule has 4 aromatic carbocycles. The number of rotatable bonds is 1. The van der Waals surface area contributed by atoms with Gasteiger partial charge in [0.15, 0.2) is 0 Å². The van der Waals surface area contributed by atoms with Gasteiger partial charge in [-0.15, -0.1) is 23.5 Å². The lowest BCUT2D eigenvalue weighted by Crippen LogP contribution is -2.37. The predicted molar refractivity (Wildman–Crippen MR) is 160 cm³/mol. The third-order valence-electron chi connectivity index (χ3n) is 7.66. The lowest BCUT2D eigenvalue weighted by molar-refractivity contribution is 0.655. The normalized spacial score (nSPS) is 28.8. The van der Waals surface area contributed by atoms with Crippen LogP contribution in [0.2, 0.25) is 0 Å². The highest BCUT2D eigenvalue weighted by molar-refractivity contribution is 9.36. The zero-order chi connectivity index (χ0) is 21.8. The van der Waals surface area contributed by atoms with Crippen LogP contribution >= 0.6 is 74.6 Å². The van der Waals surface area contributed by atoms with Gasteiger partial charge in [0, 0.05) is 11.5 Å². The first-order valence-corrected chi connectivity index (χ1v) is 19.1. The minimum atomic E-state index is -0.112. The smallest absolute Gasteiger partial charge is 0.102 e. The molecule has 0 radical (unpaired) electrons. The van der Waals surface area contributed by atoms with Crippen LogP contribution in [-0.2, 0) is 13.6 Å². The van der Waals surface area contributed by atoms with Crippen LogP contribution in [0.5, 0.6) is 0 Å². The van der Waals surface area contributed by atoms with Crippen molar-refractivity contribution in [3.63, 3.8) is 0 Å². The van der Waals surface area contributed by atoms with Crippen molar-refractivity contribution in [2.75, 3.05) is 11.5 Å². The van der Waals surface area contributed by atoms with Crippen molar-refractivity contribution in [1.82, 2.24) is 0 Å². The fourth-order valence-electron chi connectivity index (χ4n) is 6.47. The standard InChI is InChI=1S/C26H18S7/c1-24(27-13-14-28-24)17-11-12-21-23-16(17)7-4-10-20(23)25-18-8-2-5-15-6-3-9-19(22(15)18)26(21,25)30-32-33-31-29-25/h2-12H,13-14H2,1H3. The molecule has 2 fully saturated rings. The first-order valence-electron chi connectivity index (χ1n) is 11.0. The maximum Gasteiger partial charge on any atom is 0.102 e. The number of hydrogen-bond acceptors (Lipinski definition) is 7. The number of hydrogen-bond donors (Lipinski definition) is 0. The predicted octanol–water partition coefficient (Wildman–Crippen LogP) is 9.80. The summed E-state index contributed by atoms with van der Waals surface area (Å²) >= 11 is 4.23. The molecule has 0 bridgehead atoms. The SMILES string of the molecule is CC1(c2ccc3c4c(cccc24)C24SSSSSC32c2cccc3cccc4c23)SCCS1. The molecule has 8 rings (SSSR count). The van der Waals surface area contributed by atoms with Crippen LogP contribution in [0.4, 0.5) is 0 Å². The Balaban J connectivity index is 1.55. The zero-order valence-electron chi connectivity index (χ0n) is 17.6. The second-order valence-corrected chi connectivity index (χ2v) is 20.1. The third-order valence-corrected chi connectivity index (χ3v) is 20.8. The molecule has 2 heterocycles. The molecule has 164 valence electrons. The van der Waals surface area contributed by atoms with E-state index in [2.05, 4.69) is 119 Å². The van der Waals surface area contributed by atoms with Crippen LogP contribution in [0.1, 0.15) is 34.7 Å². The van der Waals surface area contributed by atoms with Crippen molar-refractivity contribution in [3.05, 3.63) is 94.5 Å². The first kappa shape index (κ1) is 21.0. The largest absolute Gasteiger partial charge is 0.139 e. The second-order valence-electron chi connectivity index (χ2n) is 8.97. The summed E-state index contributed by atoms with van der Waals surface area (Å²) in [6, 6.07) is 26.1. The average molecular weight is 555 g/mol. The molecule has 2 aliphatic carbocycles. The van der Waals surface area contributed by atoms with E-state index in [1.807, 2.05) is 29.5 Å². The summed E-state index contributed by atoms with van der Waals surface area (Å²) in [7, 11) is 10.0. The molecule has 4 aromatic rings. The Bertz CT molecular complexity index is 1430. The second kappa shape index (κ2) is 7.21. The van der Waals surface area contributed by atoms with E-state index in [0.717, 1.165) is 0 Å². The van der Waals surface area contributed by atoms with E-state index < -0.39 is 0 Å². The summed E-state index contributed by atoms with van der Waals surface area (Å²) < 4.78 is -0.0808. The van der Waals surface area contributed by atoms with Crippen molar-refractivity contribution < 1.29 is 0 Å². The monoisotopic (exact) mass is 554 g/mol. The topological polar surface area (TPSA) is 0 Å². The Morgan fingerprint density at radius 3 is 1.79 bits per heavy atom. The maximum atomic E-state index is 2.51. The zero-order valence-corrected chi connectivity index (χ0v) is 23.3. The molecule has 4 aliphatic rings. The molecule has 0 amide bonds. The molecule has 2 saturated heterocycles. The van der Waals surface area contributed by atoms with Crippen LogP contribution < -0.4 is 0 Å². The van der Waals surface area contributed by atoms with Crippen molar-refractivity contribution in [2.24, 2.45) is 0 Å². The Labute approximate surface area is 220 Å². The summed E-state index contributed by atoms with van der Waals surface area (Å²) in [5.41, 5.74) is 7.55. The van der Waals surface area contributed by atoms with Crippen LogP contribution in [0.3, 0.4) is 0 Å². The van der Waals surface area contributed by atoms with Crippen LogP contribution in [-0.4, -0.2) is 11.5 Å². The highest BCUT2D eigenvalue weighted by Crippen LogP contribution is 2.82. The Hall–Kier alpha value is -0.150. The van der Waals surface area contributed by atoms with Gasteiger partial charge in [-0.2, -0.15) is 0 Å². The summed E-state index contributed by atoms with van der Waals surface area (Å²) in [6.45, 7) is 2.44. The fraction of sp³-hybridized carbons (Fsp3) is 0.231. The van der Waals surface area contributed by atoms with Gasteiger partial charge in [0.05, 0.1) is 4.08 Å². The molecular formula is C26H18S7. The molecule has 0 aromatic heterocycles. The van der Waals surface area contributed by atoms with Crippen LogP contribution in [0.25, 0.3) is 21.5 Å². The maximum absolute atomic E-state index is 2.51. The van der Waals surface area contributed by atoms with E-state index in [1.54, 1.807) is 0 Å². The number of thioether (sulfide) groups is 2. The van der Waals surface area contributed by atoms with Crippen LogP contribution in [0, 0.1) is 0 Å². The van der Waals surface area contributed by atoms with E-state index in [1.165, 1.54) is 60.9 Å². The minimum absolute atomic E-state index is 0.112. The minimum Gasteiger partial charge on any atom is -0.139 e. The lowest BCUT2D eigenvalue weighted by atomic mass is 9.85.